The van der Waals surface area contributed by atoms with E-state index in [-0.39, 0.29) is 5.92 Å². The Bertz CT molecular complexity index is 317. The average Bonchev–Trinajstić information content (AvgIpc) is 2.18. The van der Waals surface area contributed by atoms with Crippen LogP contribution in [0.1, 0.15) is 33.6 Å². The van der Waals surface area contributed by atoms with Crippen molar-refractivity contribution in [2.45, 2.75) is 51.4 Å². The van der Waals surface area contributed by atoms with Gasteiger partial charge in [-0.05, 0) is 39.5 Å². The molecule has 1 atom stereocenters. The molecular weight excluding hydrogens is 238 g/mol. The van der Waals surface area contributed by atoms with Crippen LogP contribution >= 0.6 is 0 Å². The minimum atomic E-state index is -0.756. The van der Waals surface area contributed by atoms with Gasteiger partial charge in [0.15, 0.2) is 0 Å². The lowest BCUT2D eigenvalue weighted by Crippen LogP contribution is -2.52. The third-order valence-corrected chi connectivity index (χ3v) is 2.75. The highest BCUT2D eigenvalue weighted by atomic mass is 16.6. The van der Waals surface area contributed by atoms with Crippen LogP contribution in [0.25, 0.3) is 0 Å². The largest absolute Gasteiger partial charge is 0.467 e. The van der Waals surface area contributed by atoms with Gasteiger partial charge in [0.1, 0.15) is 11.6 Å². The van der Waals surface area contributed by atoms with E-state index >= 15 is 0 Å². The first kappa shape index (κ1) is 14.8. The Labute approximate surface area is 107 Å². The summed E-state index contributed by atoms with van der Waals surface area (Å²) >= 11 is 0. The molecule has 0 heterocycles. The van der Waals surface area contributed by atoms with E-state index in [1.54, 1.807) is 20.8 Å². The van der Waals surface area contributed by atoms with Crippen molar-refractivity contribution in [2.75, 3.05) is 7.11 Å². The summed E-state index contributed by atoms with van der Waals surface area (Å²) in [6, 6.07) is -0.756. The quantitative estimate of drug-likeness (QED) is 0.733. The number of amides is 1. The van der Waals surface area contributed by atoms with Crippen molar-refractivity contribution < 1.29 is 24.2 Å². The molecule has 1 fully saturated rings. The smallest absolute Gasteiger partial charge is 0.408 e. The van der Waals surface area contributed by atoms with Crippen LogP contribution in [-0.2, 0) is 14.3 Å². The van der Waals surface area contributed by atoms with E-state index in [9.17, 15) is 14.7 Å². The SMILES string of the molecule is COC(=O)C(NC(=O)OC(C)(C)C)C1CC(O)C1. The lowest BCUT2D eigenvalue weighted by atomic mass is 9.77. The van der Waals surface area contributed by atoms with Crippen LogP contribution < -0.4 is 5.32 Å². The first-order valence-corrected chi connectivity index (χ1v) is 5.98. The molecular formula is C12H21NO5. The van der Waals surface area contributed by atoms with Gasteiger partial charge in [-0.2, -0.15) is 0 Å². The van der Waals surface area contributed by atoms with Gasteiger partial charge in [-0.25, -0.2) is 9.59 Å². The predicted octanol–water partition coefficient (Wildman–Crippen LogP) is 0.824. The molecule has 1 rings (SSSR count). The summed E-state index contributed by atoms with van der Waals surface area (Å²) in [6.45, 7) is 5.23. The molecule has 1 aliphatic rings. The molecule has 104 valence electrons. The lowest BCUT2D eigenvalue weighted by Gasteiger charge is -2.36. The molecule has 0 radical (unpaired) electrons. The van der Waals surface area contributed by atoms with Gasteiger partial charge in [0, 0.05) is 0 Å². The molecule has 0 aromatic carbocycles. The number of nitrogens with one attached hydrogen (secondary N) is 1. The Morgan fingerprint density at radius 2 is 1.89 bits per heavy atom. The molecule has 6 nitrogen and oxygen atoms in total. The summed E-state index contributed by atoms with van der Waals surface area (Å²) in [5.74, 6) is -0.613. The number of hydrogen-bond donors (Lipinski definition) is 2. The van der Waals surface area contributed by atoms with E-state index in [1.165, 1.54) is 7.11 Å². The van der Waals surface area contributed by atoms with Gasteiger partial charge in [-0.1, -0.05) is 0 Å². The molecule has 0 aromatic rings. The fraction of sp³-hybridized carbons (Fsp3) is 0.833. The van der Waals surface area contributed by atoms with Gasteiger partial charge in [-0.15, -0.1) is 0 Å². The van der Waals surface area contributed by atoms with Crippen molar-refractivity contribution in [1.29, 1.82) is 0 Å². The van der Waals surface area contributed by atoms with Gasteiger partial charge in [0.25, 0.3) is 0 Å². The van der Waals surface area contributed by atoms with E-state index in [4.69, 9.17) is 4.74 Å². The number of aliphatic hydroxyl groups excluding tert-OH is 1. The Morgan fingerprint density at radius 3 is 2.28 bits per heavy atom. The zero-order valence-corrected chi connectivity index (χ0v) is 11.2. The third kappa shape index (κ3) is 4.18. The highest BCUT2D eigenvalue weighted by Crippen LogP contribution is 2.30. The van der Waals surface area contributed by atoms with Crippen LogP contribution in [-0.4, -0.2) is 42.0 Å². The standard InChI is InChI=1S/C12H21NO5/c1-12(2,3)18-11(16)13-9(10(15)17-4)7-5-8(14)6-7/h7-9,14H,5-6H2,1-4H3,(H,13,16). The molecule has 1 unspecified atom stereocenters. The average molecular weight is 259 g/mol. The van der Waals surface area contributed by atoms with Gasteiger partial charge in [0.2, 0.25) is 0 Å². The minimum Gasteiger partial charge on any atom is -0.467 e. The van der Waals surface area contributed by atoms with Crippen molar-refractivity contribution in [3.63, 3.8) is 0 Å². The minimum absolute atomic E-state index is 0.0973. The van der Waals surface area contributed by atoms with E-state index in [2.05, 4.69) is 10.1 Å². The Morgan fingerprint density at radius 1 is 1.33 bits per heavy atom. The highest BCUT2D eigenvalue weighted by Gasteiger charge is 2.40. The topological polar surface area (TPSA) is 84.9 Å². The maximum Gasteiger partial charge on any atom is 0.408 e. The molecule has 0 aromatic heterocycles. The maximum atomic E-state index is 11.6. The van der Waals surface area contributed by atoms with E-state index < -0.39 is 29.8 Å². The molecule has 1 amide bonds. The highest BCUT2D eigenvalue weighted by molar-refractivity contribution is 5.81. The lowest BCUT2D eigenvalue weighted by molar-refractivity contribution is -0.147. The fourth-order valence-corrected chi connectivity index (χ4v) is 1.83. The molecule has 6 heteroatoms. The number of aliphatic hydroxyl groups is 1. The molecule has 0 bridgehead atoms. The molecule has 1 saturated carbocycles. The molecule has 0 spiro atoms. The van der Waals surface area contributed by atoms with Crippen LogP contribution in [0.15, 0.2) is 0 Å². The van der Waals surface area contributed by atoms with Crippen LogP contribution in [0.5, 0.6) is 0 Å². The number of methoxy groups -OCH3 is 1. The van der Waals surface area contributed by atoms with Crippen LogP contribution in [0.4, 0.5) is 4.79 Å². The van der Waals surface area contributed by atoms with Crippen LogP contribution in [0, 0.1) is 5.92 Å². The first-order valence-electron chi connectivity index (χ1n) is 5.98. The third-order valence-electron chi connectivity index (χ3n) is 2.75. The van der Waals surface area contributed by atoms with Gasteiger partial charge in [-0.3, -0.25) is 0 Å². The summed E-state index contributed by atoms with van der Waals surface area (Å²) in [7, 11) is 1.27. The molecule has 0 aliphatic heterocycles. The van der Waals surface area contributed by atoms with Crippen molar-refractivity contribution in [2.24, 2.45) is 5.92 Å². The summed E-state index contributed by atoms with van der Waals surface area (Å²) < 4.78 is 9.73. The van der Waals surface area contributed by atoms with Gasteiger partial charge in [0.05, 0.1) is 13.2 Å². The Hall–Kier alpha value is -1.30. The van der Waals surface area contributed by atoms with E-state index in [1.807, 2.05) is 0 Å². The Balaban J connectivity index is 2.56. The Kier molecular flexibility index (Phi) is 4.56. The summed E-state index contributed by atoms with van der Waals surface area (Å²) in [6.07, 6.45) is -0.0904. The van der Waals surface area contributed by atoms with Crippen molar-refractivity contribution in [3.05, 3.63) is 0 Å². The van der Waals surface area contributed by atoms with Crippen LogP contribution in [0.2, 0.25) is 0 Å². The second-order valence-corrected chi connectivity index (χ2v) is 5.53. The zero-order valence-electron chi connectivity index (χ0n) is 11.2. The number of carbonyl (C=O) groups excluding carboxylic acids is 2. The zero-order chi connectivity index (χ0) is 13.9. The summed E-state index contributed by atoms with van der Waals surface area (Å²) in [5, 5.41) is 11.7. The normalized spacial score (nSPS) is 24.7. The fourth-order valence-electron chi connectivity index (χ4n) is 1.83. The number of ether oxygens (including phenoxy) is 2. The monoisotopic (exact) mass is 259 g/mol. The van der Waals surface area contributed by atoms with Gasteiger partial charge < -0.3 is 19.9 Å². The molecule has 2 N–H and O–H groups in total. The van der Waals surface area contributed by atoms with Crippen LogP contribution in [0.3, 0.4) is 0 Å². The number of rotatable bonds is 3. The van der Waals surface area contributed by atoms with E-state index in [0.29, 0.717) is 12.8 Å². The maximum absolute atomic E-state index is 11.6. The summed E-state index contributed by atoms with van der Waals surface area (Å²) in [4.78, 5) is 23.2. The molecule has 0 saturated heterocycles. The number of esters is 1. The summed E-state index contributed by atoms with van der Waals surface area (Å²) in [5.41, 5.74) is -0.621. The van der Waals surface area contributed by atoms with E-state index in [0.717, 1.165) is 0 Å². The first-order chi connectivity index (χ1) is 8.23. The number of hydrogen-bond acceptors (Lipinski definition) is 5. The second-order valence-electron chi connectivity index (χ2n) is 5.53. The number of alkyl carbamates (subject to hydrolysis) is 1. The number of carbonyl (C=O) groups is 2. The second kappa shape index (κ2) is 5.56. The van der Waals surface area contributed by atoms with Crippen molar-refractivity contribution >= 4 is 12.1 Å². The van der Waals surface area contributed by atoms with Crippen molar-refractivity contribution in [1.82, 2.24) is 5.32 Å². The molecule has 1 aliphatic carbocycles. The molecule has 18 heavy (non-hydrogen) atoms. The predicted molar refractivity (Wildman–Crippen MR) is 63.9 cm³/mol. The van der Waals surface area contributed by atoms with Gasteiger partial charge >= 0.3 is 12.1 Å². The van der Waals surface area contributed by atoms with Crippen molar-refractivity contribution in [3.8, 4) is 0 Å².